The van der Waals surface area contributed by atoms with Gasteiger partial charge < -0.3 is 4.74 Å². The van der Waals surface area contributed by atoms with Crippen LogP contribution in [0, 0.1) is 0 Å². The number of ether oxygens (including phenoxy) is 1. The summed E-state index contributed by atoms with van der Waals surface area (Å²) >= 11 is 0. The number of hydrogen-bond acceptors (Lipinski definition) is 2. The quantitative estimate of drug-likeness (QED) is 0.637. The van der Waals surface area contributed by atoms with Gasteiger partial charge in [-0.1, -0.05) is 30.4 Å². The van der Waals surface area contributed by atoms with Crippen molar-refractivity contribution in [2.75, 3.05) is 6.61 Å². The van der Waals surface area contributed by atoms with Crippen molar-refractivity contribution < 1.29 is 4.74 Å². The molecule has 2 unspecified atom stereocenters. The van der Waals surface area contributed by atoms with Crippen LogP contribution in [0.3, 0.4) is 0 Å². The molecule has 0 radical (unpaired) electrons. The third-order valence-electron chi connectivity index (χ3n) is 2.98. The average Bonchev–Trinajstić information content (AvgIpc) is 2.22. The van der Waals surface area contributed by atoms with Gasteiger partial charge in [0.25, 0.3) is 0 Å². The molecule has 1 aliphatic heterocycles. The number of benzene rings is 1. The Bertz CT molecular complexity index is 448. The first-order valence-electron chi connectivity index (χ1n) is 5.38. The minimum atomic E-state index is 0.307. The van der Waals surface area contributed by atoms with Gasteiger partial charge in [-0.25, -0.2) is 4.99 Å². The molecule has 3 rings (SSSR count). The third-order valence-corrected chi connectivity index (χ3v) is 2.98. The molecular formula is C13H13NO. The Morgan fingerprint density at radius 2 is 2.13 bits per heavy atom. The van der Waals surface area contributed by atoms with Gasteiger partial charge in [-0.05, 0) is 18.6 Å². The molecule has 2 aliphatic rings. The lowest BCUT2D eigenvalue weighted by atomic mass is 9.79. The Hall–Kier alpha value is -1.57. The largest absolute Gasteiger partial charge is 0.478 e. The van der Waals surface area contributed by atoms with Gasteiger partial charge in [-0.2, -0.15) is 0 Å². The summed E-state index contributed by atoms with van der Waals surface area (Å²) in [6.07, 6.45) is 4.36. The molecule has 76 valence electrons. The van der Waals surface area contributed by atoms with E-state index in [1.54, 1.807) is 0 Å². The van der Waals surface area contributed by atoms with E-state index in [-0.39, 0.29) is 0 Å². The fourth-order valence-corrected chi connectivity index (χ4v) is 2.17. The van der Waals surface area contributed by atoms with Crippen LogP contribution in [-0.4, -0.2) is 18.5 Å². The number of aliphatic imine (C=N–C) groups is 1. The molecule has 0 saturated carbocycles. The van der Waals surface area contributed by atoms with Gasteiger partial charge in [0, 0.05) is 11.5 Å². The fraction of sp³-hybridized carbons (Fsp3) is 0.308. The molecule has 0 N–H and O–H groups in total. The summed E-state index contributed by atoms with van der Waals surface area (Å²) in [5.41, 5.74) is 2.51. The summed E-state index contributed by atoms with van der Waals surface area (Å²) in [6.45, 7) is 2.67. The van der Waals surface area contributed by atoms with E-state index in [1.165, 1.54) is 5.56 Å². The highest BCUT2D eigenvalue weighted by Gasteiger charge is 2.33. The third kappa shape index (κ3) is 1.21. The molecule has 0 bridgehead atoms. The van der Waals surface area contributed by atoms with Crippen molar-refractivity contribution in [1.29, 1.82) is 0 Å². The predicted octanol–water partition coefficient (Wildman–Crippen LogP) is 2.51. The lowest BCUT2D eigenvalue weighted by Gasteiger charge is -2.33. The van der Waals surface area contributed by atoms with Crippen LogP contribution in [0.1, 0.15) is 24.0 Å². The molecule has 0 spiro atoms. The zero-order valence-electron chi connectivity index (χ0n) is 8.68. The molecule has 1 heterocycles. The van der Waals surface area contributed by atoms with E-state index in [9.17, 15) is 0 Å². The van der Waals surface area contributed by atoms with Gasteiger partial charge in [0.2, 0.25) is 5.90 Å². The molecule has 2 heteroatoms. The maximum absolute atomic E-state index is 5.58. The second-order valence-corrected chi connectivity index (χ2v) is 3.86. The Kier molecular flexibility index (Phi) is 1.88. The number of fused-ring (bicyclic) bond motifs is 3. The van der Waals surface area contributed by atoms with Crippen molar-refractivity contribution in [2.45, 2.75) is 18.9 Å². The molecule has 0 aromatic heterocycles. The van der Waals surface area contributed by atoms with Gasteiger partial charge in [-0.15, -0.1) is 0 Å². The second kappa shape index (κ2) is 3.23. The van der Waals surface area contributed by atoms with Crippen molar-refractivity contribution in [3.05, 3.63) is 47.5 Å². The second-order valence-electron chi connectivity index (χ2n) is 3.86. The summed E-state index contributed by atoms with van der Waals surface area (Å²) in [6, 6.07) is 8.69. The minimum Gasteiger partial charge on any atom is -0.478 e. The zero-order valence-corrected chi connectivity index (χ0v) is 8.68. The first kappa shape index (κ1) is 8.72. The minimum absolute atomic E-state index is 0.307. The molecule has 1 aliphatic carbocycles. The van der Waals surface area contributed by atoms with Gasteiger partial charge in [0.05, 0.1) is 12.6 Å². The monoisotopic (exact) mass is 199 g/mol. The van der Waals surface area contributed by atoms with Crippen molar-refractivity contribution in [3.63, 3.8) is 0 Å². The van der Waals surface area contributed by atoms with Gasteiger partial charge in [0.1, 0.15) is 0 Å². The van der Waals surface area contributed by atoms with Crippen molar-refractivity contribution in [2.24, 2.45) is 4.99 Å². The van der Waals surface area contributed by atoms with E-state index in [1.807, 2.05) is 13.0 Å². The molecule has 1 aromatic rings. The first-order chi connectivity index (χ1) is 7.40. The van der Waals surface area contributed by atoms with Crippen LogP contribution in [0.25, 0.3) is 0 Å². The highest BCUT2D eigenvalue weighted by atomic mass is 16.5. The van der Waals surface area contributed by atoms with E-state index >= 15 is 0 Å². The zero-order chi connectivity index (χ0) is 10.3. The molecule has 2 atom stereocenters. The van der Waals surface area contributed by atoms with E-state index in [0.717, 1.165) is 11.5 Å². The Balaban J connectivity index is 2.10. The Morgan fingerprint density at radius 3 is 2.87 bits per heavy atom. The van der Waals surface area contributed by atoms with Gasteiger partial charge >= 0.3 is 0 Å². The SMILES string of the molecule is CCOC1=NC2C=CC2c2ccccc21. The molecule has 0 saturated heterocycles. The van der Waals surface area contributed by atoms with Crippen LogP contribution in [0.5, 0.6) is 0 Å². The summed E-state index contributed by atoms with van der Waals surface area (Å²) in [5, 5.41) is 0. The topological polar surface area (TPSA) is 21.6 Å². The smallest absolute Gasteiger partial charge is 0.216 e. The summed E-state index contributed by atoms with van der Waals surface area (Å²) in [4.78, 5) is 4.59. The maximum atomic E-state index is 5.58. The molecule has 15 heavy (non-hydrogen) atoms. The lowest BCUT2D eigenvalue weighted by Crippen LogP contribution is -2.30. The fourth-order valence-electron chi connectivity index (χ4n) is 2.17. The lowest BCUT2D eigenvalue weighted by molar-refractivity contribution is 0.322. The van der Waals surface area contributed by atoms with E-state index in [4.69, 9.17) is 4.74 Å². The summed E-state index contributed by atoms with van der Waals surface area (Å²) < 4.78 is 5.58. The highest BCUT2D eigenvalue weighted by Crippen LogP contribution is 2.38. The van der Waals surface area contributed by atoms with Crippen LogP contribution in [0.2, 0.25) is 0 Å². The molecular weight excluding hydrogens is 186 g/mol. The van der Waals surface area contributed by atoms with Crippen LogP contribution >= 0.6 is 0 Å². The summed E-state index contributed by atoms with van der Waals surface area (Å²) in [7, 11) is 0. The molecule has 2 nitrogen and oxygen atoms in total. The van der Waals surface area contributed by atoms with Crippen LogP contribution in [-0.2, 0) is 4.74 Å². The van der Waals surface area contributed by atoms with Crippen molar-refractivity contribution >= 4 is 5.90 Å². The molecule has 0 fully saturated rings. The molecule has 1 aromatic carbocycles. The Morgan fingerprint density at radius 1 is 1.27 bits per heavy atom. The van der Waals surface area contributed by atoms with Gasteiger partial charge in [-0.3, -0.25) is 0 Å². The van der Waals surface area contributed by atoms with Crippen molar-refractivity contribution in [1.82, 2.24) is 0 Å². The molecule has 0 amide bonds. The average molecular weight is 199 g/mol. The Labute approximate surface area is 89.3 Å². The van der Waals surface area contributed by atoms with E-state index in [0.29, 0.717) is 18.6 Å². The summed E-state index contributed by atoms with van der Waals surface area (Å²) in [5.74, 6) is 1.28. The normalized spacial score (nSPS) is 26.1. The van der Waals surface area contributed by atoms with Crippen LogP contribution < -0.4 is 0 Å². The number of hydrogen-bond donors (Lipinski definition) is 0. The maximum Gasteiger partial charge on any atom is 0.216 e. The first-order valence-corrected chi connectivity index (χ1v) is 5.38. The predicted molar refractivity (Wildman–Crippen MR) is 60.3 cm³/mol. The number of rotatable bonds is 1. The number of nitrogens with zero attached hydrogens (tertiary/aromatic N) is 1. The van der Waals surface area contributed by atoms with Crippen LogP contribution in [0.4, 0.5) is 0 Å². The van der Waals surface area contributed by atoms with Crippen LogP contribution in [0.15, 0.2) is 41.4 Å². The highest BCUT2D eigenvalue weighted by molar-refractivity contribution is 5.97. The standard InChI is InChI=1S/C13H13NO/c1-2-15-13-11-6-4-3-5-9(11)10-7-8-12(10)14-13/h3-8,10,12H,2H2,1H3. The van der Waals surface area contributed by atoms with Gasteiger partial charge in [0.15, 0.2) is 0 Å². The van der Waals surface area contributed by atoms with E-state index in [2.05, 4.69) is 35.3 Å². The van der Waals surface area contributed by atoms with E-state index < -0.39 is 0 Å². The van der Waals surface area contributed by atoms with Crippen molar-refractivity contribution in [3.8, 4) is 0 Å².